The van der Waals surface area contributed by atoms with E-state index >= 15 is 0 Å². The number of aryl methyl sites for hydroxylation is 2. The number of amides is 1. The minimum absolute atomic E-state index is 0.0160. The molecule has 0 fully saturated rings. The number of carbonyl (C=O) groups excluding carboxylic acids is 1. The van der Waals surface area contributed by atoms with Crippen LogP contribution in [-0.2, 0) is 49.2 Å². The zero-order valence-electron chi connectivity index (χ0n) is 33.4. The first-order valence-corrected chi connectivity index (χ1v) is 20.2. The van der Waals surface area contributed by atoms with Gasteiger partial charge in [0.25, 0.3) is 6.47 Å². The summed E-state index contributed by atoms with van der Waals surface area (Å²) in [6.45, 7) is 6.05. The van der Waals surface area contributed by atoms with Crippen LogP contribution in [0.2, 0.25) is 10.0 Å². The van der Waals surface area contributed by atoms with Crippen molar-refractivity contribution in [3.05, 3.63) is 158 Å². The number of hydrogen-bond donors (Lipinski definition) is 2. The number of carboxylic acid groups (broad SMARTS) is 1. The molecule has 14 heteroatoms. The number of nitrogens with zero attached hydrogens (tertiary/aromatic N) is 4. The molecular formula is C46H45Cl2N5O7. The fourth-order valence-electron chi connectivity index (χ4n) is 7.13. The number of benzene rings is 4. The third kappa shape index (κ3) is 10.2. The second kappa shape index (κ2) is 19.3. The number of fused-ring (bicyclic) bond motifs is 2. The summed E-state index contributed by atoms with van der Waals surface area (Å²) >= 11 is 12.2. The molecule has 310 valence electrons. The van der Waals surface area contributed by atoms with Crippen molar-refractivity contribution in [2.75, 3.05) is 13.2 Å². The molecule has 6 aromatic rings. The number of nitrogens with one attached hydrogen (secondary N) is 1. The number of carbonyl (C=O) groups is 2. The molecule has 2 aliphatic rings. The first-order chi connectivity index (χ1) is 29.1. The second-order valence-corrected chi connectivity index (χ2v) is 15.4. The van der Waals surface area contributed by atoms with Crippen molar-refractivity contribution in [2.24, 2.45) is 7.05 Å². The lowest BCUT2D eigenvalue weighted by atomic mass is 9.92. The van der Waals surface area contributed by atoms with E-state index in [4.69, 9.17) is 52.1 Å². The van der Waals surface area contributed by atoms with Crippen LogP contribution in [0.4, 0.5) is 0 Å². The van der Waals surface area contributed by atoms with Crippen LogP contribution in [0, 0.1) is 13.8 Å². The van der Waals surface area contributed by atoms with Gasteiger partial charge in [-0.05, 0) is 109 Å². The predicted octanol–water partition coefficient (Wildman–Crippen LogP) is 8.61. The van der Waals surface area contributed by atoms with Crippen LogP contribution in [-0.4, -0.2) is 56.1 Å². The van der Waals surface area contributed by atoms with E-state index in [1.54, 1.807) is 24.5 Å². The van der Waals surface area contributed by atoms with Gasteiger partial charge in [0.05, 0.1) is 22.6 Å². The molecule has 0 aliphatic carbocycles. The number of ether oxygens (including phenoxy) is 4. The molecule has 2 aliphatic heterocycles. The van der Waals surface area contributed by atoms with Crippen LogP contribution in [0.5, 0.6) is 28.7 Å². The number of pyridine rings is 1. The smallest absolute Gasteiger partial charge is 0.290 e. The Morgan fingerprint density at radius 1 is 0.917 bits per heavy atom. The lowest BCUT2D eigenvalue weighted by Crippen LogP contribution is -2.50. The molecule has 0 radical (unpaired) electrons. The third-order valence-electron chi connectivity index (χ3n) is 10.6. The monoisotopic (exact) mass is 849 g/mol. The molecule has 1 amide bonds. The van der Waals surface area contributed by atoms with Gasteiger partial charge in [-0.15, -0.1) is 0 Å². The van der Waals surface area contributed by atoms with E-state index in [1.807, 2.05) is 98.4 Å². The van der Waals surface area contributed by atoms with Crippen LogP contribution in [0.15, 0.2) is 104 Å². The molecule has 0 bridgehead atoms. The summed E-state index contributed by atoms with van der Waals surface area (Å²) in [7, 11) is 1.97. The van der Waals surface area contributed by atoms with Crippen molar-refractivity contribution in [1.82, 2.24) is 24.8 Å². The highest BCUT2D eigenvalue weighted by molar-refractivity contribution is 6.42. The van der Waals surface area contributed by atoms with Crippen LogP contribution in [0.25, 0.3) is 0 Å². The SMILES string of the molecule is Cc1nccc(Oc2ccc(CCNC(=O)C3Cc4cc5c(cc4CN3Cc3nccn3C)OC(c3ccc(OCc4ccc(Cl)c(Cl)c4)cc3)CO5)cc2)c1C.O=CO. The Morgan fingerprint density at radius 3 is 2.38 bits per heavy atom. The lowest BCUT2D eigenvalue weighted by Gasteiger charge is -2.37. The van der Waals surface area contributed by atoms with E-state index in [-0.39, 0.29) is 24.5 Å². The Balaban J connectivity index is 0.00000176. The second-order valence-electron chi connectivity index (χ2n) is 14.6. The fourth-order valence-corrected chi connectivity index (χ4v) is 7.45. The zero-order chi connectivity index (χ0) is 42.2. The van der Waals surface area contributed by atoms with Crippen LogP contribution < -0.4 is 24.3 Å². The standard InChI is InChI=1S/C45H43Cl2N5O5.CH2O2/c1-28-29(2)48-17-15-40(28)56-36-9-4-30(5-10-36)14-16-50-45(53)39-21-33-22-41-42(23-34(33)24-52(39)25-44-49-18-19-51(44)3)57-43(27-55-41)32-7-11-35(12-8-32)54-26-31-6-13-37(46)38(47)20-31;2-1-3/h4-13,15,17-20,22-23,39,43H,14,16,21,24-27H2,1-3H3,(H,50,53);1H,(H,2,3). The van der Waals surface area contributed by atoms with Crippen molar-refractivity contribution >= 4 is 35.6 Å². The quantitative estimate of drug-likeness (QED) is 0.115. The molecule has 2 atom stereocenters. The van der Waals surface area contributed by atoms with Gasteiger partial charge in [-0.1, -0.05) is 53.5 Å². The maximum absolute atomic E-state index is 13.9. The Labute approximate surface area is 358 Å². The van der Waals surface area contributed by atoms with Gasteiger partial charge in [0.15, 0.2) is 17.6 Å². The predicted molar refractivity (Wildman–Crippen MR) is 228 cm³/mol. The van der Waals surface area contributed by atoms with Gasteiger partial charge in [0, 0.05) is 50.0 Å². The van der Waals surface area contributed by atoms with Crippen LogP contribution >= 0.6 is 23.2 Å². The maximum atomic E-state index is 13.9. The molecule has 0 saturated heterocycles. The summed E-state index contributed by atoms with van der Waals surface area (Å²) in [6, 6.07) is 26.9. The minimum Gasteiger partial charge on any atom is -0.489 e. The molecule has 2 aromatic heterocycles. The average Bonchev–Trinajstić information content (AvgIpc) is 3.66. The van der Waals surface area contributed by atoms with Gasteiger partial charge in [-0.3, -0.25) is 19.5 Å². The Kier molecular flexibility index (Phi) is 13.5. The first kappa shape index (κ1) is 42.1. The molecule has 60 heavy (non-hydrogen) atoms. The molecule has 2 N–H and O–H groups in total. The number of imidazole rings is 1. The van der Waals surface area contributed by atoms with Gasteiger partial charge in [-0.25, -0.2) is 4.98 Å². The molecule has 2 unspecified atom stereocenters. The molecule has 8 rings (SSSR count). The van der Waals surface area contributed by atoms with Crippen LogP contribution in [0.3, 0.4) is 0 Å². The summed E-state index contributed by atoms with van der Waals surface area (Å²) in [5.41, 5.74) is 7.15. The first-order valence-electron chi connectivity index (χ1n) is 19.4. The van der Waals surface area contributed by atoms with E-state index in [0.29, 0.717) is 67.2 Å². The average molecular weight is 851 g/mol. The highest BCUT2D eigenvalue weighted by Gasteiger charge is 2.34. The molecule has 12 nitrogen and oxygen atoms in total. The molecular weight excluding hydrogens is 805 g/mol. The van der Waals surface area contributed by atoms with E-state index in [2.05, 4.69) is 26.3 Å². The summed E-state index contributed by atoms with van der Waals surface area (Å²) < 4.78 is 26.9. The minimum atomic E-state index is -0.384. The summed E-state index contributed by atoms with van der Waals surface area (Å²) in [5.74, 6) is 4.52. The Morgan fingerprint density at radius 2 is 1.65 bits per heavy atom. The maximum Gasteiger partial charge on any atom is 0.290 e. The lowest BCUT2D eigenvalue weighted by molar-refractivity contribution is -0.127. The summed E-state index contributed by atoms with van der Waals surface area (Å²) in [5, 5.41) is 11.1. The summed E-state index contributed by atoms with van der Waals surface area (Å²) in [6.07, 6.45) is 6.40. The van der Waals surface area contributed by atoms with Crippen molar-refractivity contribution in [1.29, 1.82) is 0 Å². The normalized spacial score (nSPS) is 15.6. The molecule has 0 saturated carbocycles. The highest BCUT2D eigenvalue weighted by Crippen LogP contribution is 2.41. The highest BCUT2D eigenvalue weighted by atomic mass is 35.5. The topological polar surface area (TPSA) is 137 Å². The van der Waals surface area contributed by atoms with Crippen LogP contribution in [0.1, 0.15) is 51.0 Å². The van der Waals surface area contributed by atoms with E-state index in [9.17, 15) is 4.79 Å². The summed E-state index contributed by atoms with van der Waals surface area (Å²) in [4.78, 5) is 33.4. The van der Waals surface area contributed by atoms with Gasteiger partial charge in [0.2, 0.25) is 5.91 Å². The number of aromatic nitrogens is 3. The fraction of sp³-hybridized carbons (Fsp3) is 0.261. The van der Waals surface area contributed by atoms with Gasteiger partial charge in [0.1, 0.15) is 36.3 Å². The molecule has 0 spiro atoms. The third-order valence-corrected chi connectivity index (χ3v) is 11.4. The number of halogens is 2. The Hall–Kier alpha value is -6.08. The van der Waals surface area contributed by atoms with Crippen molar-refractivity contribution in [3.8, 4) is 28.7 Å². The molecule has 4 aromatic carbocycles. The van der Waals surface area contributed by atoms with Crippen molar-refractivity contribution in [3.63, 3.8) is 0 Å². The van der Waals surface area contributed by atoms with E-state index < -0.39 is 0 Å². The Bertz CT molecular complexity index is 2440. The van der Waals surface area contributed by atoms with Gasteiger partial charge in [-0.2, -0.15) is 0 Å². The van der Waals surface area contributed by atoms with Gasteiger partial charge >= 0.3 is 0 Å². The number of hydrogen-bond acceptors (Lipinski definition) is 9. The van der Waals surface area contributed by atoms with Crippen molar-refractivity contribution in [2.45, 2.75) is 58.5 Å². The van der Waals surface area contributed by atoms with Crippen molar-refractivity contribution < 1.29 is 33.6 Å². The van der Waals surface area contributed by atoms with Gasteiger partial charge < -0.3 is 33.9 Å². The molecule has 4 heterocycles. The zero-order valence-corrected chi connectivity index (χ0v) is 35.0. The van der Waals surface area contributed by atoms with E-state index in [0.717, 1.165) is 62.1 Å². The number of rotatable bonds is 12. The largest absolute Gasteiger partial charge is 0.489 e. The van der Waals surface area contributed by atoms with E-state index in [1.165, 1.54) is 0 Å².